The molecule has 3 aromatic heterocycles. The zero-order chi connectivity index (χ0) is 16.8. The molecular weight excluding hydrogens is 308 g/mol. The van der Waals surface area contributed by atoms with Crippen molar-refractivity contribution in [2.75, 3.05) is 5.73 Å². The highest BCUT2D eigenvalue weighted by atomic mass is 16.3. The van der Waals surface area contributed by atoms with Gasteiger partial charge in [-0.3, -0.25) is 14.5 Å². The number of nitrogens with one attached hydrogen (secondary N) is 1. The van der Waals surface area contributed by atoms with Crippen molar-refractivity contribution in [1.82, 2.24) is 24.7 Å². The summed E-state index contributed by atoms with van der Waals surface area (Å²) in [6.07, 6.45) is 4.85. The van der Waals surface area contributed by atoms with Crippen LogP contribution in [0.4, 0.5) is 5.95 Å². The van der Waals surface area contributed by atoms with Gasteiger partial charge in [0.2, 0.25) is 5.95 Å². The van der Waals surface area contributed by atoms with E-state index in [0.29, 0.717) is 29.6 Å². The third kappa shape index (κ3) is 2.26. The van der Waals surface area contributed by atoms with Crippen LogP contribution in [0.3, 0.4) is 0 Å². The molecule has 4 N–H and O–H groups in total. The maximum Gasteiger partial charge on any atom is 0.260 e. The third-order valence-electron chi connectivity index (χ3n) is 4.65. The van der Waals surface area contributed by atoms with Gasteiger partial charge in [-0.25, -0.2) is 4.98 Å². The molecule has 0 unspecified atom stereocenters. The van der Waals surface area contributed by atoms with Crippen molar-refractivity contribution in [1.29, 1.82) is 0 Å². The number of aromatic nitrogens is 5. The fourth-order valence-electron chi connectivity index (χ4n) is 3.49. The van der Waals surface area contributed by atoms with Crippen LogP contribution in [0.5, 0.6) is 0 Å². The summed E-state index contributed by atoms with van der Waals surface area (Å²) < 4.78 is 1.67. The average molecular weight is 326 g/mol. The first-order chi connectivity index (χ1) is 11.5. The highest BCUT2D eigenvalue weighted by Crippen LogP contribution is 2.32. The third-order valence-corrected chi connectivity index (χ3v) is 4.65. The number of hydrogen-bond donors (Lipinski definition) is 3. The van der Waals surface area contributed by atoms with E-state index < -0.39 is 6.10 Å². The van der Waals surface area contributed by atoms with Crippen molar-refractivity contribution in [3.05, 3.63) is 34.5 Å². The zero-order valence-corrected chi connectivity index (χ0v) is 13.2. The lowest BCUT2D eigenvalue weighted by atomic mass is 10.1. The van der Waals surface area contributed by atoms with Crippen LogP contribution < -0.4 is 11.3 Å². The van der Waals surface area contributed by atoms with Crippen molar-refractivity contribution in [3.8, 4) is 11.1 Å². The molecule has 0 bridgehead atoms. The van der Waals surface area contributed by atoms with Crippen molar-refractivity contribution in [3.63, 3.8) is 0 Å². The lowest BCUT2D eigenvalue weighted by Gasteiger charge is -2.18. The van der Waals surface area contributed by atoms with E-state index in [1.807, 2.05) is 6.92 Å². The number of rotatable bonds is 2. The van der Waals surface area contributed by atoms with Gasteiger partial charge in [0, 0.05) is 23.2 Å². The van der Waals surface area contributed by atoms with Crippen LogP contribution in [0.2, 0.25) is 0 Å². The Morgan fingerprint density at radius 1 is 1.38 bits per heavy atom. The molecule has 124 valence electrons. The summed E-state index contributed by atoms with van der Waals surface area (Å²) >= 11 is 0. The average Bonchev–Trinajstić information content (AvgIpc) is 3.18. The number of aryl methyl sites for hydroxylation is 1. The largest absolute Gasteiger partial charge is 0.393 e. The van der Waals surface area contributed by atoms with Crippen molar-refractivity contribution in [2.45, 2.75) is 38.3 Å². The predicted octanol–water partition coefficient (Wildman–Crippen LogP) is 1.16. The number of fused-ring (bicyclic) bond motifs is 1. The molecule has 0 aliphatic heterocycles. The first-order valence-electron chi connectivity index (χ1n) is 7.91. The number of nitrogen functional groups attached to an aromatic ring is 1. The Hall–Kier alpha value is -2.74. The normalized spacial score (nSPS) is 20.8. The summed E-state index contributed by atoms with van der Waals surface area (Å²) in [6.45, 7) is 1.85. The SMILES string of the molecule is Cc1nc(N)nc2c1cc(-c1cn[nH]c1)c(=O)n2[C@@H]1CC[C@@H](O)C1. The molecule has 3 heterocycles. The Balaban J connectivity index is 2.06. The summed E-state index contributed by atoms with van der Waals surface area (Å²) in [7, 11) is 0. The number of nitrogens with two attached hydrogens (primary N) is 1. The molecule has 1 saturated carbocycles. The quantitative estimate of drug-likeness (QED) is 0.649. The van der Waals surface area contributed by atoms with E-state index in [1.165, 1.54) is 0 Å². The van der Waals surface area contributed by atoms with Crippen LogP contribution >= 0.6 is 0 Å². The second-order valence-electron chi connectivity index (χ2n) is 6.25. The molecule has 24 heavy (non-hydrogen) atoms. The van der Waals surface area contributed by atoms with Crippen molar-refractivity contribution in [2.24, 2.45) is 0 Å². The second kappa shape index (κ2) is 5.41. The van der Waals surface area contributed by atoms with Crippen LogP contribution in [0.15, 0.2) is 23.3 Å². The Bertz CT molecular complexity index is 963. The summed E-state index contributed by atoms with van der Waals surface area (Å²) in [5.74, 6) is 0.141. The van der Waals surface area contributed by atoms with E-state index in [1.54, 1.807) is 23.0 Å². The minimum atomic E-state index is -0.394. The molecule has 1 aliphatic carbocycles. The Kier molecular flexibility index (Phi) is 3.34. The van der Waals surface area contributed by atoms with Gasteiger partial charge in [0.05, 0.1) is 23.6 Å². The van der Waals surface area contributed by atoms with Crippen LogP contribution in [0.1, 0.15) is 31.0 Å². The summed E-state index contributed by atoms with van der Waals surface area (Å²) in [5.41, 5.74) is 8.14. The van der Waals surface area contributed by atoms with Crippen LogP contribution in [-0.4, -0.2) is 35.9 Å². The van der Waals surface area contributed by atoms with Crippen molar-refractivity contribution >= 4 is 17.0 Å². The number of aromatic amines is 1. The van der Waals surface area contributed by atoms with Gasteiger partial charge < -0.3 is 10.8 Å². The first kappa shape index (κ1) is 14.8. The molecule has 8 heteroatoms. The van der Waals surface area contributed by atoms with E-state index >= 15 is 0 Å². The van der Waals surface area contributed by atoms with E-state index in [9.17, 15) is 9.90 Å². The fraction of sp³-hybridized carbons (Fsp3) is 0.375. The molecule has 8 nitrogen and oxygen atoms in total. The van der Waals surface area contributed by atoms with Gasteiger partial charge in [-0.1, -0.05) is 0 Å². The maximum atomic E-state index is 13.1. The standard InChI is InChI=1S/C16H18N6O2/c1-8-12-5-13(9-6-18-19-7-9)15(24)22(10-2-3-11(23)4-10)14(12)21-16(17)20-8/h5-7,10-11,23H,2-4H2,1H3,(H,18,19)(H2,17,20,21)/t10-,11-/m1/s1. The fourth-order valence-corrected chi connectivity index (χ4v) is 3.49. The Labute approximate surface area is 137 Å². The van der Waals surface area contributed by atoms with Crippen LogP contribution in [0.25, 0.3) is 22.2 Å². The molecule has 0 saturated heterocycles. The van der Waals surface area contributed by atoms with Gasteiger partial charge in [-0.05, 0) is 32.3 Å². The molecule has 4 rings (SSSR count). The number of aliphatic hydroxyl groups excluding tert-OH is 1. The van der Waals surface area contributed by atoms with E-state index in [2.05, 4.69) is 20.2 Å². The lowest BCUT2D eigenvalue weighted by molar-refractivity contribution is 0.178. The van der Waals surface area contributed by atoms with Gasteiger partial charge >= 0.3 is 0 Å². The topological polar surface area (TPSA) is 123 Å². The summed E-state index contributed by atoms with van der Waals surface area (Å²) in [5, 5.41) is 17.3. The number of aliphatic hydroxyl groups is 1. The number of nitrogens with zero attached hydrogens (tertiary/aromatic N) is 4. The smallest absolute Gasteiger partial charge is 0.260 e. The van der Waals surface area contributed by atoms with Gasteiger partial charge in [-0.2, -0.15) is 10.1 Å². The van der Waals surface area contributed by atoms with Gasteiger partial charge in [0.1, 0.15) is 5.65 Å². The number of H-pyrrole nitrogens is 1. The van der Waals surface area contributed by atoms with Gasteiger partial charge in [0.25, 0.3) is 5.56 Å². The monoisotopic (exact) mass is 326 g/mol. The minimum absolute atomic E-state index is 0.101. The van der Waals surface area contributed by atoms with Gasteiger partial charge in [0.15, 0.2) is 0 Å². The van der Waals surface area contributed by atoms with Crippen LogP contribution in [0, 0.1) is 6.92 Å². The van der Waals surface area contributed by atoms with E-state index in [-0.39, 0.29) is 17.5 Å². The lowest BCUT2D eigenvalue weighted by Crippen LogP contribution is -2.27. The highest BCUT2D eigenvalue weighted by molar-refractivity contribution is 5.83. The molecule has 0 amide bonds. The van der Waals surface area contributed by atoms with Crippen LogP contribution in [-0.2, 0) is 0 Å². The molecule has 3 aromatic rings. The highest BCUT2D eigenvalue weighted by Gasteiger charge is 2.28. The second-order valence-corrected chi connectivity index (χ2v) is 6.25. The zero-order valence-electron chi connectivity index (χ0n) is 13.2. The molecule has 0 radical (unpaired) electrons. The molecule has 1 fully saturated rings. The minimum Gasteiger partial charge on any atom is -0.393 e. The molecule has 0 spiro atoms. The molecule has 0 aromatic carbocycles. The number of hydrogen-bond acceptors (Lipinski definition) is 6. The summed E-state index contributed by atoms with van der Waals surface area (Å²) in [4.78, 5) is 21.7. The van der Waals surface area contributed by atoms with Gasteiger partial charge in [-0.15, -0.1) is 0 Å². The van der Waals surface area contributed by atoms with E-state index in [4.69, 9.17) is 5.73 Å². The Morgan fingerprint density at radius 3 is 2.88 bits per heavy atom. The molecule has 1 aliphatic rings. The number of anilines is 1. The Morgan fingerprint density at radius 2 is 2.21 bits per heavy atom. The van der Waals surface area contributed by atoms with Crippen molar-refractivity contribution < 1.29 is 5.11 Å². The van der Waals surface area contributed by atoms with E-state index in [0.717, 1.165) is 17.5 Å². The molecule has 2 atom stereocenters. The molecular formula is C16H18N6O2. The number of pyridine rings is 1. The maximum absolute atomic E-state index is 13.1. The predicted molar refractivity (Wildman–Crippen MR) is 89.4 cm³/mol. The summed E-state index contributed by atoms with van der Waals surface area (Å²) in [6, 6.07) is 1.69. The first-order valence-corrected chi connectivity index (χ1v) is 7.91.